The van der Waals surface area contributed by atoms with E-state index in [1.807, 2.05) is 0 Å². The lowest BCUT2D eigenvalue weighted by Crippen LogP contribution is -2.35. The highest BCUT2D eigenvalue weighted by Gasteiger charge is 2.47. The maximum Gasteiger partial charge on any atom is 0.220 e. The molecule has 1 fully saturated rings. The second-order valence-electron chi connectivity index (χ2n) is 4.95. The molecule has 0 aromatic heterocycles. The summed E-state index contributed by atoms with van der Waals surface area (Å²) in [6.45, 7) is 2.14. The number of carbonyl (C=O) groups excluding carboxylic acids is 1. The topological polar surface area (TPSA) is 29.1 Å². The van der Waals surface area contributed by atoms with Crippen LogP contribution in [-0.2, 0) is 17.6 Å². The van der Waals surface area contributed by atoms with E-state index in [2.05, 4.69) is 36.5 Å². The molecule has 1 N–H and O–H groups in total. The summed E-state index contributed by atoms with van der Waals surface area (Å²) in [5.74, 6) is 0.218. The van der Waals surface area contributed by atoms with Crippen molar-refractivity contribution >= 4 is 5.91 Å². The van der Waals surface area contributed by atoms with E-state index in [1.165, 1.54) is 11.1 Å². The lowest BCUT2D eigenvalue weighted by Gasteiger charge is -2.26. The lowest BCUT2D eigenvalue weighted by molar-refractivity contribution is -0.119. The van der Waals surface area contributed by atoms with Crippen molar-refractivity contribution in [3.05, 3.63) is 35.4 Å². The molecule has 3 rings (SSSR count). The molecule has 1 unspecified atom stereocenters. The molecular formula is C13H15NO. The molecular weight excluding hydrogens is 186 g/mol. The van der Waals surface area contributed by atoms with Crippen LogP contribution in [0.4, 0.5) is 0 Å². The predicted octanol–water partition coefficient (Wildman–Crippen LogP) is 1.68. The SMILES string of the molecule is CC1NC(=O)CC12Cc1ccccc1C2. The van der Waals surface area contributed by atoms with E-state index in [-0.39, 0.29) is 11.3 Å². The first-order valence-electron chi connectivity index (χ1n) is 5.56. The molecule has 1 aromatic rings. The molecule has 0 bridgehead atoms. The molecule has 2 heteroatoms. The first kappa shape index (κ1) is 8.96. The molecule has 1 aromatic carbocycles. The number of nitrogens with one attached hydrogen (secondary N) is 1. The summed E-state index contributed by atoms with van der Waals surface area (Å²) in [4.78, 5) is 11.5. The molecule has 0 saturated carbocycles. The van der Waals surface area contributed by atoms with E-state index >= 15 is 0 Å². The van der Waals surface area contributed by atoms with Crippen LogP contribution in [0.15, 0.2) is 24.3 Å². The third kappa shape index (κ3) is 1.21. The van der Waals surface area contributed by atoms with Crippen LogP contribution in [0.25, 0.3) is 0 Å². The lowest BCUT2D eigenvalue weighted by atomic mass is 9.78. The standard InChI is InChI=1S/C13H15NO/c1-9-13(8-12(15)14-9)6-10-4-2-3-5-11(10)7-13/h2-5,9H,6-8H2,1H3,(H,14,15). The molecule has 0 radical (unpaired) electrons. The third-order valence-electron chi connectivity index (χ3n) is 4.01. The summed E-state index contributed by atoms with van der Waals surface area (Å²) in [6.07, 6.45) is 2.81. The van der Waals surface area contributed by atoms with Crippen LogP contribution in [0, 0.1) is 5.41 Å². The van der Waals surface area contributed by atoms with Crippen LogP contribution < -0.4 is 5.32 Å². The quantitative estimate of drug-likeness (QED) is 0.680. The van der Waals surface area contributed by atoms with Gasteiger partial charge >= 0.3 is 0 Å². The van der Waals surface area contributed by atoms with Gasteiger partial charge in [-0.15, -0.1) is 0 Å². The summed E-state index contributed by atoms with van der Waals surface area (Å²) in [5, 5.41) is 3.05. The van der Waals surface area contributed by atoms with E-state index in [4.69, 9.17) is 0 Å². The summed E-state index contributed by atoms with van der Waals surface area (Å²) >= 11 is 0. The van der Waals surface area contributed by atoms with Crippen LogP contribution in [0.2, 0.25) is 0 Å². The summed E-state index contributed by atoms with van der Waals surface area (Å²) in [5.41, 5.74) is 3.03. The highest BCUT2D eigenvalue weighted by Crippen LogP contribution is 2.44. The Hall–Kier alpha value is -1.31. The van der Waals surface area contributed by atoms with Gasteiger partial charge in [-0.1, -0.05) is 24.3 Å². The number of amides is 1. The zero-order valence-corrected chi connectivity index (χ0v) is 8.92. The van der Waals surface area contributed by atoms with Crippen molar-refractivity contribution in [3.8, 4) is 0 Å². The van der Waals surface area contributed by atoms with Crippen molar-refractivity contribution in [1.29, 1.82) is 0 Å². The largest absolute Gasteiger partial charge is 0.353 e. The fraction of sp³-hybridized carbons (Fsp3) is 0.462. The van der Waals surface area contributed by atoms with Crippen molar-refractivity contribution in [2.45, 2.75) is 32.2 Å². The maximum atomic E-state index is 11.5. The van der Waals surface area contributed by atoms with Crippen LogP contribution in [0.1, 0.15) is 24.5 Å². The Morgan fingerprint density at radius 3 is 2.27 bits per heavy atom. The van der Waals surface area contributed by atoms with E-state index in [0.717, 1.165) is 12.8 Å². The molecule has 1 aliphatic heterocycles. The minimum Gasteiger partial charge on any atom is -0.353 e. The molecule has 1 amide bonds. The van der Waals surface area contributed by atoms with E-state index in [1.54, 1.807) is 0 Å². The molecule has 2 aliphatic rings. The summed E-state index contributed by atoms with van der Waals surface area (Å²) in [7, 11) is 0. The summed E-state index contributed by atoms with van der Waals surface area (Å²) < 4.78 is 0. The second kappa shape index (κ2) is 2.84. The van der Waals surface area contributed by atoms with Crippen molar-refractivity contribution in [2.24, 2.45) is 5.41 Å². The Labute approximate surface area is 89.7 Å². The van der Waals surface area contributed by atoms with Gasteiger partial charge in [0.05, 0.1) is 0 Å². The van der Waals surface area contributed by atoms with Gasteiger partial charge in [0, 0.05) is 17.9 Å². The number of hydrogen-bond acceptors (Lipinski definition) is 1. The van der Waals surface area contributed by atoms with Crippen molar-refractivity contribution < 1.29 is 4.79 Å². The smallest absolute Gasteiger partial charge is 0.220 e. The molecule has 78 valence electrons. The summed E-state index contributed by atoms with van der Waals surface area (Å²) in [6, 6.07) is 8.89. The second-order valence-corrected chi connectivity index (χ2v) is 4.95. The Bertz CT molecular complexity index is 399. The first-order chi connectivity index (χ1) is 7.20. The fourth-order valence-electron chi connectivity index (χ4n) is 3.07. The first-order valence-corrected chi connectivity index (χ1v) is 5.56. The molecule has 15 heavy (non-hydrogen) atoms. The van der Waals surface area contributed by atoms with Gasteiger partial charge < -0.3 is 5.32 Å². The zero-order valence-electron chi connectivity index (χ0n) is 8.92. The third-order valence-corrected chi connectivity index (χ3v) is 4.01. The van der Waals surface area contributed by atoms with Crippen molar-refractivity contribution in [1.82, 2.24) is 5.32 Å². The minimum absolute atomic E-state index is 0.167. The van der Waals surface area contributed by atoms with Gasteiger partial charge in [-0.3, -0.25) is 4.79 Å². The molecule has 1 saturated heterocycles. The van der Waals surface area contributed by atoms with E-state index in [0.29, 0.717) is 12.5 Å². The molecule has 1 atom stereocenters. The van der Waals surface area contributed by atoms with Gasteiger partial charge in [0.2, 0.25) is 5.91 Å². The van der Waals surface area contributed by atoms with Gasteiger partial charge in [0.25, 0.3) is 0 Å². The highest BCUT2D eigenvalue weighted by molar-refractivity contribution is 5.80. The van der Waals surface area contributed by atoms with E-state index in [9.17, 15) is 4.79 Å². The van der Waals surface area contributed by atoms with Gasteiger partial charge in [-0.05, 0) is 30.9 Å². The normalized spacial score (nSPS) is 26.7. The molecule has 1 heterocycles. The Morgan fingerprint density at radius 1 is 1.20 bits per heavy atom. The molecule has 1 aliphatic carbocycles. The van der Waals surface area contributed by atoms with Gasteiger partial charge in [-0.25, -0.2) is 0 Å². The van der Waals surface area contributed by atoms with Crippen LogP contribution in [-0.4, -0.2) is 11.9 Å². The predicted molar refractivity (Wildman–Crippen MR) is 58.5 cm³/mol. The maximum absolute atomic E-state index is 11.5. The van der Waals surface area contributed by atoms with Crippen molar-refractivity contribution in [2.75, 3.05) is 0 Å². The monoisotopic (exact) mass is 201 g/mol. The highest BCUT2D eigenvalue weighted by atomic mass is 16.2. The van der Waals surface area contributed by atoms with Crippen LogP contribution >= 0.6 is 0 Å². The van der Waals surface area contributed by atoms with Crippen LogP contribution in [0.3, 0.4) is 0 Å². The number of fused-ring (bicyclic) bond motifs is 1. The zero-order chi connectivity index (χ0) is 10.5. The van der Waals surface area contributed by atoms with E-state index < -0.39 is 0 Å². The molecule has 2 nitrogen and oxygen atoms in total. The fourth-order valence-corrected chi connectivity index (χ4v) is 3.07. The average Bonchev–Trinajstić information content (AvgIpc) is 2.67. The van der Waals surface area contributed by atoms with Gasteiger partial charge in [0.1, 0.15) is 0 Å². The number of benzene rings is 1. The molecule has 1 spiro atoms. The number of hydrogen-bond donors (Lipinski definition) is 1. The van der Waals surface area contributed by atoms with Gasteiger partial charge in [0.15, 0.2) is 0 Å². The Kier molecular flexibility index (Phi) is 1.70. The van der Waals surface area contributed by atoms with Gasteiger partial charge in [-0.2, -0.15) is 0 Å². The Balaban J connectivity index is 1.98. The van der Waals surface area contributed by atoms with Crippen LogP contribution in [0.5, 0.6) is 0 Å². The average molecular weight is 201 g/mol. The minimum atomic E-state index is 0.167. The Morgan fingerprint density at radius 2 is 1.80 bits per heavy atom. The van der Waals surface area contributed by atoms with Crippen molar-refractivity contribution in [3.63, 3.8) is 0 Å². The number of carbonyl (C=O) groups is 1. The number of rotatable bonds is 0.